The molecule has 1 amide bonds. The molecular formula is C15H9ClF2N2OS2. The Morgan fingerprint density at radius 2 is 1.96 bits per heavy atom. The summed E-state index contributed by atoms with van der Waals surface area (Å²) >= 11 is 8.50. The zero-order chi connectivity index (χ0) is 16.6. The maximum Gasteiger partial charge on any atom is 0.267 e. The van der Waals surface area contributed by atoms with Crippen LogP contribution in [0.1, 0.15) is 15.4 Å². The highest BCUT2D eigenvalue weighted by Gasteiger charge is 2.17. The minimum Gasteiger partial charge on any atom is -0.321 e. The van der Waals surface area contributed by atoms with Crippen molar-refractivity contribution < 1.29 is 13.6 Å². The van der Waals surface area contributed by atoms with Gasteiger partial charge in [0.05, 0.1) is 14.9 Å². The maximum absolute atomic E-state index is 13.2. The lowest BCUT2D eigenvalue weighted by Crippen LogP contribution is -2.11. The molecule has 118 valence electrons. The first-order valence-corrected chi connectivity index (χ1v) is 8.44. The van der Waals surface area contributed by atoms with E-state index in [2.05, 4.69) is 10.3 Å². The number of hydrogen-bond acceptors (Lipinski definition) is 4. The van der Waals surface area contributed by atoms with Crippen LogP contribution < -0.4 is 5.32 Å². The number of aryl methyl sites for hydroxylation is 1. The first-order valence-electron chi connectivity index (χ1n) is 6.43. The third-order valence-electron chi connectivity index (χ3n) is 2.96. The van der Waals surface area contributed by atoms with Crippen LogP contribution in [0.5, 0.6) is 0 Å². The van der Waals surface area contributed by atoms with E-state index in [0.29, 0.717) is 19.9 Å². The van der Waals surface area contributed by atoms with Crippen molar-refractivity contribution in [3.8, 4) is 9.88 Å². The summed E-state index contributed by atoms with van der Waals surface area (Å²) in [6.45, 7) is 1.72. The van der Waals surface area contributed by atoms with Gasteiger partial charge >= 0.3 is 0 Å². The Morgan fingerprint density at radius 1 is 1.17 bits per heavy atom. The fourth-order valence-corrected chi connectivity index (χ4v) is 3.96. The fourth-order valence-electron chi connectivity index (χ4n) is 1.90. The highest BCUT2D eigenvalue weighted by Crippen LogP contribution is 2.35. The summed E-state index contributed by atoms with van der Waals surface area (Å²) in [7, 11) is 0. The van der Waals surface area contributed by atoms with E-state index in [1.807, 2.05) is 6.07 Å². The van der Waals surface area contributed by atoms with Gasteiger partial charge in [0.2, 0.25) is 0 Å². The largest absolute Gasteiger partial charge is 0.321 e. The molecule has 0 bridgehead atoms. The summed E-state index contributed by atoms with van der Waals surface area (Å²) in [5.74, 6) is -2.40. The number of thiazole rings is 1. The van der Waals surface area contributed by atoms with Crippen molar-refractivity contribution >= 4 is 45.9 Å². The molecule has 3 rings (SSSR count). The number of carbonyl (C=O) groups excluding carboxylic acids is 1. The highest BCUT2D eigenvalue weighted by molar-refractivity contribution is 7.24. The third-order valence-corrected chi connectivity index (χ3v) is 5.52. The van der Waals surface area contributed by atoms with Crippen LogP contribution in [0.4, 0.5) is 14.5 Å². The number of rotatable bonds is 3. The van der Waals surface area contributed by atoms with Crippen molar-refractivity contribution in [1.82, 2.24) is 4.98 Å². The average Bonchev–Trinajstić information content (AvgIpc) is 3.09. The highest BCUT2D eigenvalue weighted by atomic mass is 35.5. The number of anilines is 1. The van der Waals surface area contributed by atoms with E-state index in [4.69, 9.17) is 11.6 Å². The number of benzene rings is 1. The molecule has 3 aromatic rings. The molecule has 3 nitrogen and oxygen atoms in total. The van der Waals surface area contributed by atoms with Gasteiger partial charge in [0.15, 0.2) is 11.6 Å². The smallest absolute Gasteiger partial charge is 0.267 e. The molecule has 0 atom stereocenters. The number of halogens is 3. The van der Waals surface area contributed by atoms with Gasteiger partial charge < -0.3 is 5.32 Å². The Labute approximate surface area is 143 Å². The average molecular weight is 371 g/mol. The Balaban J connectivity index is 1.85. The fraction of sp³-hybridized carbons (Fsp3) is 0.0667. The second kappa shape index (κ2) is 6.35. The Bertz CT molecular complexity index is 891. The first-order chi connectivity index (χ1) is 10.9. The van der Waals surface area contributed by atoms with Crippen LogP contribution in [0, 0.1) is 18.6 Å². The van der Waals surface area contributed by atoms with Gasteiger partial charge in [-0.1, -0.05) is 11.6 Å². The Kier molecular flexibility index (Phi) is 4.43. The van der Waals surface area contributed by atoms with Crippen molar-refractivity contribution in [2.45, 2.75) is 6.92 Å². The van der Waals surface area contributed by atoms with E-state index in [1.165, 1.54) is 28.7 Å². The minimum atomic E-state index is -1.02. The SMILES string of the molecule is Cc1nc(-c2ccc(Cl)s2)sc1C(=O)Nc1ccc(F)c(F)c1. The summed E-state index contributed by atoms with van der Waals surface area (Å²) in [5.41, 5.74) is 0.747. The van der Waals surface area contributed by atoms with Gasteiger partial charge in [-0.15, -0.1) is 22.7 Å². The van der Waals surface area contributed by atoms with Crippen LogP contribution in [0.15, 0.2) is 30.3 Å². The van der Waals surface area contributed by atoms with Crippen LogP contribution in [0.25, 0.3) is 9.88 Å². The summed E-state index contributed by atoms with van der Waals surface area (Å²) in [6.07, 6.45) is 0. The van der Waals surface area contributed by atoms with E-state index >= 15 is 0 Å². The number of carbonyl (C=O) groups is 1. The second-order valence-corrected chi connectivity index (χ2v) is 7.33. The molecule has 0 aliphatic carbocycles. The van der Waals surface area contributed by atoms with Gasteiger partial charge in [0.1, 0.15) is 9.88 Å². The van der Waals surface area contributed by atoms with Crippen LogP contribution >= 0.6 is 34.3 Å². The van der Waals surface area contributed by atoms with E-state index in [0.717, 1.165) is 17.0 Å². The Morgan fingerprint density at radius 3 is 2.61 bits per heavy atom. The Hall–Kier alpha value is -1.83. The van der Waals surface area contributed by atoms with Crippen molar-refractivity contribution in [2.75, 3.05) is 5.32 Å². The molecule has 0 saturated carbocycles. The molecule has 0 saturated heterocycles. The van der Waals surface area contributed by atoms with Gasteiger partial charge in [0.25, 0.3) is 5.91 Å². The summed E-state index contributed by atoms with van der Waals surface area (Å²) < 4.78 is 26.7. The number of nitrogens with zero attached hydrogens (tertiary/aromatic N) is 1. The van der Waals surface area contributed by atoms with Crippen LogP contribution in [-0.4, -0.2) is 10.9 Å². The van der Waals surface area contributed by atoms with Crippen LogP contribution in [0.3, 0.4) is 0 Å². The lowest BCUT2D eigenvalue weighted by molar-refractivity contribution is 0.103. The summed E-state index contributed by atoms with van der Waals surface area (Å²) in [6, 6.07) is 6.79. The van der Waals surface area contributed by atoms with Gasteiger partial charge in [0, 0.05) is 11.8 Å². The maximum atomic E-state index is 13.2. The molecule has 0 spiro atoms. The van der Waals surface area contributed by atoms with Gasteiger partial charge in [-0.2, -0.15) is 0 Å². The van der Waals surface area contributed by atoms with Crippen LogP contribution in [-0.2, 0) is 0 Å². The molecule has 2 heterocycles. The van der Waals surface area contributed by atoms with Gasteiger partial charge in [-0.25, -0.2) is 13.8 Å². The van der Waals surface area contributed by atoms with E-state index in [9.17, 15) is 13.6 Å². The van der Waals surface area contributed by atoms with Crippen molar-refractivity contribution in [1.29, 1.82) is 0 Å². The molecule has 0 fully saturated rings. The normalized spacial score (nSPS) is 10.8. The predicted molar refractivity (Wildman–Crippen MR) is 89.5 cm³/mol. The number of amides is 1. The second-order valence-electron chi connectivity index (χ2n) is 4.62. The first kappa shape index (κ1) is 16.0. The summed E-state index contributed by atoms with van der Waals surface area (Å²) in [5, 5.41) is 3.23. The van der Waals surface area contributed by atoms with Gasteiger partial charge in [-0.3, -0.25) is 4.79 Å². The van der Waals surface area contributed by atoms with Crippen LogP contribution in [0.2, 0.25) is 4.34 Å². The molecule has 2 aromatic heterocycles. The molecular weight excluding hydrogens is 362 g/mol. The van der Waals surface area contributed by atoms with Crippen molar-refractivity contribution in [3.63, 3.8) is 0 Å². The quantitative estimate of drug-likeness (QED) is 0.674. The topological polar surface area (TPSA) is 42.0 Å². The number of thiophene rings is 1. The summed E-state index contributed by atoms with van der Waals surface area (Å²) in [4.78, 5) is 17.9. The molecule has 0 aliphatic heterocycles. The molecule has 0 aliphatic rings. The number of aromatic nitrogens is 1. The number of nitrogens with one attached hydrogen (secondary N) is 1. The van der Waals surface area contributed by atoms with Crippen molar-refractivity contribution in [3.05, 3.63) is 56.9 Å². The lowest BCUT2D eigenvalue weighted by Gasteiger charge is -2.04. The lowest BCUT2D eigenvalue weighted by atomic mass is 10.3. The third kappa shape index (κ3) is 3.41. The van der Waals surface area contributed by atoms with Gasteiger partial charge in [-0.05, 0) is 31.2 Å². The van der Waals surface area contributed by atoms with E-state index < -0.39 is 17.5 Å². The molecule has 8 heteroatoms. The molecule has 1 aromatic carbocycles. The zero-order valence-corrected chi connectivity index (χ0v) is 14.1. The van der Waals surface area contributed by atoms with E-state index in [1.54, 1.807) is 13.0 Å². The molecule has 1 N–H and O–H groups in total. The monoisotopic (exact) mass is 370 g/mol. The minimum absolute atomic E-state index is 0.183. The molecule has 0 radical (unpaired) electrons. The standard InChI is InChI=1S/C15H9ClF2N2OS2/c1-7-13(23-15(19-7)11-4-5-12(16)22-11)14(21)20-8-2-3-9(17)10(18)6-8/h2-6H,1H3,(H,20,21). The molecule has 0 unspecified atom stereocenters. The van der Waals surface area contributed by atoms with Crippen molar-refractivity contribution in [2.24, 2.45) is 0 Å². The predicted octanol–water partition coefficient (Wildman–Crippen LogP) is 5.36. The molecule has 23 heavy (non-hydrogen) atoms. The number of hydrogen-bond donors (Lipinski definition) is 1. The zero-order valence-electron chi connectivity index (χ0n) is 11.7. The van der Waals surface area contributed by atoms with E-state index in [-0.39, 0.29) is 5.69 Å².